The van der Waals surface area contributed by atoms with Gasteiger partial charge in [-0.3, -0.25) is 14.3 Å². The van der Waals surface area contributed by atoms with Gasteiger partial charge in [-0.25, -0.2) is 4.98 Å². The van der Waals surface area contributed by atoms with Gasteiger partial charge >= 0.3 is 8.25 Å². The van der Waals surface area contributed by atoms with Crippen molar-refractivity contribution in [3.05, 3.63) is 16.7 Å². The molecule has 1 aliphatic rings. The second-order valence-electron chi connectivity index (χ2n) is 8.79. The summed E-state index contributed by atoms with van der Waals surface area (Å²) in [6.07, 6.45) is -1.62. The molecule has 1 fully saturated rings. The number of imidazole rings is 1. The molecule has 0 radical (unpaired) electrons. The number of ether oxygens (including phenoxy) is 3. The highest BCUT2D eigenvalue weighted by Crippen LogP contribution is 2.37. The number of aromatic nitrogens is 4. The van der Waals surface area contributed by atoms with E-state index in [1.807, 2.05) is 27.7 Å². The van der Waals surface area contributed by atoms with Crippen LogP contribution in [0.2, 0.25) is 0 Å². The van der Waals surface area contributed by atoms with Crippen LogP contribution in [-0.2, 0) is 23.3 Å². The number of H-pyrrole nitrogens is 1. The van der Waals surface area contributed by atoms with E-state index in [9.17, 15) is 9.36 Å². The van der Waals surface area contributed by atoms with Gasteiger partial charge in [-0.1, -0.05) is 20.8 Å². The Morgan fingerprint density at radius 1 is 1.17 bits per heavy atom. The number of nitrogen functional groups attached to an aromatic ring is 1. The molecule has 3 heterocycles. The molecular weight excluding hydrogens is 491 g/mol. The number of anilines is 1. The van der Waals surface area contributed by atoms with E-state index in [4.69, 9.17) is 29.4 Å². The maximum absolute atomic E-state index is 12.1. The molecule has 0 saturated carbocycles. The highest BCUT2D eigenvalue weighted by atomic mass is 31.1. The Hall–Kier alpha value is -1.99. The van der Waals surface area contributed by atoms with Crippen LogP contribution in [-0.4, -0.2) is 86.1 Å². The zero-order valence-electron chi connectivity index (χ0n) is 22.1. The fourth-order valence-corrected chi connectivity index (χ4v) is 4.22. The summed E-state index contributed by atoms with van der Waals surface area (Å²) in [6.45, 7) is 17.4. The molecule has 0 amide bonds. The zero-order valence-corrected chi connectivity index (χ0v) is 23.0. The van der Waals surface area contributed by atoms with Crippen LogP contribution >= 0.6 is 8.25 Å². The van der Waals surface area contributed by atoms with Crippen molar-refractivity contribution in [2.75, 3.05) is 32.0 Å². The molecule has 36 heavy (non-hydrogen) atoms. The molecule has 204 valence electrons. The Kier molecular flexibility index (Phi) is 11.8. The van der Waals surface area contributed by atoms with Crippen LogP contribution in [0.3, 0.4) is 0 Å². The highest BCUT2D eigenvalue weighted by molar-refractivity contribution is 7.32. The van der Waals surface area contributed by atoms with Crippen LogP contribution in [0, 0.1) is 0 Å². The first-order valence-electron chi connectivity index (χ1n) is 12.2. The molecule has 4 N–H and O–H groups in total. The van der Waals surface area contributed by atoms with Crippen LogP contribution in [0.4, 0.5) is 5.95 Å². The van der Waals surface area contributed by atoms with Crippen molar-refractivity contribution in [2.24, 2.45) is 0 Å². The number of hydrogen-bond acceptors (Lipinski definition) is 10. The minimum absolute atomic E-state index is 0.0595. The summed E-state index contributed by atoms with van der Waals surface area (Å²) in [5.74, 6) is -0.0595. The first kappa shape index (κ1) is 30.2. The Balaban J connectivity index is 0.000000572. The molecule has 14 heteroatoms. The van der Waals surface area contributed by atoms with Gasteiger partial charge in [-0.2, -0.15) is 4.98 Å². The van der Waals surface area contributed by atoms with Gasteiger partial charge in [-0.15, -0.1) is 9.42 Å². The Morgan fingerprint density at radius 3 is 2.25 bits per heavy atom. The Labute approximate surface area is 212 Å². The molecule has 2 aromatic heterocycles. The highest BCUT2D eigenvalue weighted by Gasteiger charge is 2.49. The minimum atomic E-state index is -2.80. The topological polar surface area (TPSA) is 167 Å². The van der Waals surface area contributed by atoms with Gasteiger partial charge < -0.3 is 24.8 Å². The standard InChI is InChI=1S/C16H24N5O7P.C6H15N/c1-7(2)26-11-9(5-25-29(23)24)28-15(12(11)27-8(3)4)21-6-18-10-13(21)19-16(17)20-14(10)22;1-4-7(5-2)6-3/h6-9,11-12,15H,5H2,1-4H3,(H3-,17,19,20,22,23,24);4-6H2,1-3H3/p+1/t9-,11-,12-,15-;/m1./s1. The van der Waals surface area contributed by atoms with Crippen LogP contribution < -0.4 is 11.3 Å². The van der Waals surface area contributed by atoms with Crippen molar-refractivity contribution in [2.45, 2.75) is 85.2 Å². The van der Waals surface area contributed by atoms with E-state index in [1.165, 1.54) is 26.0 Å². The first-order chi connectivity index (χ1) is 17.0. The molecule has 1 saturated heterocycles. The van der Waals surface area contributed by atoms with E-state index in [1.54, 1.807) is 4.57 Å². The third-order valence-corrected chi connectivity index (χ3v) is 5.93. The number of nitrogens with zero attached hydrogens (tertiary/aromatic N) is 4. The third-order valence-electron chi connectivity index (χ3n) is 5.56. The molecule has 13 nitrogen and oxygen atoms in total. The molecule has 1 aliphatic heterocycles. The second-order valence-corrected chi connectivity index (χ2v) is 9.53. The second kappa shape index (κ2) is 14.1. The van der Waals surface area contributed by atoms with Gasteiger partial charge in [0, 0.05) is 4.57 Å². The number of aromatic amines is 1. The van der Waals surface area contributed by atoms with Gasteiger partial charge in [0.25, 0.3) is 5.56 Å². The quantitative estimate of drug-likeness (QED) is 0.364. The molecule has 3 rings (SSSR count). The summed E-state index contributed by atoms with van der Waals surface area (Å²) in [7, 11) is -2.80. The number of rotatable bonds is 11. The van der Waals surface area contributed by atoms with Crippen LogP contribution in [0.15, 0.2) is 11.1 Å². The molecule has 0 bridgehead atoms. The number of nitrogens with two attached hydrogens (primary N) is 1. The molecular formula is C22H40N6O7P+. The number of fused-ring (bicyclic) bond motifs is 1. The van der Waals surface area contributed by atoms with Crippen molar-refractivity contribution in [3.63, 3.8) is 0 Å². The van der Waals surface area contributed by atoms with Gasteiger partial charge in [0.2, 0.25) is 5.95 Å². The van der Waals surface area contributed by atoms with Gasteiger partial charge in [0.1, 0.15) is 24.9 Å². The van der Waals surface area contributed by atoms with Crippen molar-refractivity contribution in [1.82, 2.24) is 24.4 Å². The predicted octanol–water partition coefficient (Wildman–Crippen LogP) is 2.20. The SMILES string of the molecule is CC(C)O[C@@H]1[C@H](OC(C)C)[C@@H](CO[P+](=O)O)O[C@H]1n1cnc2c(=O)[nH]c(N)nc21.CCN(CC)CC. The predicted molar refractivity (Wildman–Crippen MR) is 136 cm³/mol. The maximum atomic E-state index is 12.1. The van der Waals surface area contributed by atoms with E-state index in [-0.39, 0.29) is 35.9 Å². The minimum Gasteiger partial charge on any atom is -0.370 e. The van der Waals surface area contributed by atoms with E-state index in [2.05, 4.69) is 40.6 Å². The normalized spacial score (nSPS) is 22.5. The average Bonchev–Trinajstić information content (AvgIpc) is 3.35. The van der Waals surface area contributed by atoms with E-state index in [0.29, 0.717) is 0 Å². The van der Waals surface area contributed by atoms with Crippen LogP contribution in [0.5, 0.6) is 0 Å². The summed E-state index contributed by atoms with van der Waals surface area (Å²) in [5, 5.41) is 0. The summed E-state index contributed by atoms with van der Waals surface area (Å²) < 4.78 is 35.6. The molecule has 0 aromatic carbocycles. The molecule has 0 spiro atoms. The van der Waals surface area contributed by atoms with Crippen molar-refractivity contribution in [3.8, 4) is 0 Å². The van der Waals surface area contributed by atoms with Crippen molar-refractivity contribution >= 4 is 25.4 Å². The summed E-state index contributed by atoms with van der Waals surface area (Å²) >= 11 is 0. The molecule has 5 atom stereocenters. The molecule has 0 aliphatic carbocycles. The van der Waals surface area contributed by atoms with E-state index in [0.717, 1.165) is 0 Å². The summed E-state index contributed by atoms with van der Waals surface area (Å²) in [4.78, 5) is 34.2. The van der Waals surface area contributed by atoms with Gasteiger partial charge in [-0.05, 0) is 47.3 Å². The lowest BCUT2D eigenvalue weighted by Crippen LogP contribution is -2.41. The van der Waals surface area contributed by atoms with Crippen molar-refractivity contribution < 1.29 is 28.2 Å². The van der Waals surface area contributed by atoms with Gasteiger partial charge in [0.05, 0.1) is 18.5 Å². The third kappa shape index (κ3) is 8.01. The fourth-order valence-electron chi connectivity index (χ4n) is 3.94. The first-order valence-corrected chi connectivity index (χ1v) is 13.3. The van der Waals surface area contributed by atoms with Crippen LogP contribution in [0.1, 0.15) is 54.7 Å². The van der Waals surface area contributed by atoms with E-state index < -0.39 is 38.4 Å². The van der Waals surface area contributed by atoms with Gasteiger partial charge in [0.15, 0.2) is 17.4 Å². The summed E-state index contributed by atoms with van der Waals surface area (Å²) in [5.41, 5.74) is 5.54. The Bertz CT molecular complexity index is 1020. The lowest BCUT2D eigenvalue weighted by molar-refractivity contribution is -0.112. The largest absolute Gasteiger partial charge is 0.694 e. The lowest BCUT2D eigenvalue weighted by atomic mass is 10.1. The molecule has 1 unspecified atom stereocenters. The monoisotopic (exact) mass is 531 g/mol. The van der Waals surface area contributed by atoms with E-state index >= 15 is 0 Å². The van der Waals surface area contributed by atoms with Crippen LogP contribution in [0.25, 0.3) is 11.2 Å². The van der Waals surface area contributed by atoms with Crippen molar-refractivity contribution in [1.29, 1.82) is 0 Å². The zero-order chi connectivity index (χ0) is 27.0. The lowest BCUT2D eigenvalue weighted by Gasteiger charge is -2.27. The number of hydrogen-bond donors (Lipinski definition) is 3. The average molecular weight is 532 g/mol. The summed E-state index contributed by atoms with van der Waals surface area (Å²) in [6, 6.07) is 0. The maximum Gasteiger partial charge on any atom is 0.694 e. The number of nitrogens with one attached hydrogen (secondary N) is 1. The fraction of sp³-hybridized carbons (Fsp3) is 0.773. The smallest absolute Gasteiger partial charge is 0.370 e. The molecule has 2 aromatic rings. The Morgan fingerprint density at radius 2 is 1.75 bits per heavy atom.